The van der Waals surface area contributed by atoms with Gasteiger partial charge in [0, 0.05) is 23.2 Å². The largest absolute Gasteiger partial charge is 0.354 e. The first-order valence-corrected chi connectivity index (χ1v) is 10.2. The Hall–Kier alpha value is -2.93. The van der Waals surface area contributed by atoms with Gasteiger partial charge in [0.25, 0.3) is 5.91 Å². The number of nitrogens with one attached hydrogen (secondary N) is 1. The third-order valence-corrected chi connectivity index (χ3v) is 5.87. The second-order valence-corrected chi connectivity index (χ2v) is 8.02. The number of rotatable bonds is 5. The Morgan fingerprint density at radius 1 is 1.29 bits per heavy atom. The first-order valence-electron chi connectivity index (χ1n) is 9.28. The summed E-state index contributed by atoms with van der Waals surface area (Å²) in [5.41, 5.74) is 2.55. The second kappa shape index (κ2) is 7.98. The number of aryl methyl sites for hydroxylation is 1. The molecule has 0 aliphatic carbocycles. The summed E-state index contributed by atoms with van der Waals surface area (Å²) >= 11 is 1.68. The number of amides is 2. The van der Waals surface area contributed by atoms with Crippen LogP contribution in [0.5, 0.6) is 0 Å². The maximum atomic E-state index is 13.0. The van der Waals surface area contributed by atoms with Gasteiger partial charge in [-0.25, -0.2) is 4.98 Å². The Kier molecular flexibility index (Phi) is 5.25. The number of hydrogen-bond donors (Lipinski definition) is 1. The number of fused-ring (bicyclic) bond motifs is 1. The summed E-state index contributed by atoms with van der Waals surface area (Å²) in [5.74, 6) is -0.148. The van der Waals surface area contributed by atoms with Crippen LogP contribution in [0.3, 0.4) is 0 Å². The zero-order chi connectivity index (χ0) is 19.5. The average Bonchev–Trinajstić information content (AvgIpc) is 3.38. The van der Waals surface area contributed by atoms with Crippen LogP contribution in [0.15, 0.2) is 54.3 Å². The molecular weight excluding hydrogens is 372 g/mol. The smallest absolute Gasteiger partial charge is 0.254 e. The molecule has 3 aromatic rings. The van der Waals surface area contributed by atoms with Gasteiger partial charge < -0.3 is 14.8 Å². The average molecular weight is 395 g/mol. The fourth-order valence-electron chi connectivity index (χ4n) is 3.50. The van der Waals surface area contributed by atoms with E-state index in [0.29, 0.717) is 25.2 Å². The van der Waals surface area contributed by atoms with E-state index < -0.39 is 6.04 Å². The highest BCUT2D eigenvalue weighted by molar-refractivity contribution is 7.09. The highest BCUT2D eigenvalue weighted by Gasteiger charge is 2.32. The van der Waals surface area contributed by atoms with Gasteiger partial charge in [0.05, 0.1) is 25.1 Å². The van der Waals surface area contributed by atoms with Crippen LogP contribution in [-0.4, -0.2) is 39.4 Å². The first kappa shape index (κ1) is 18.4. The van der Waals surface area contributed by atoms with Gasteiger partial charge in [-0.3, -0.25) is 9.59 Å². The van der Waals surface area contributed by atoms with Crippen LogP contribution in [0.25, 0.3) is 0 Å². The zero-order valence-corrected chi connectivity index (χ0v) is 16.5. The fraction of sp³-hybridized carbons (Fsp3) is 0.286. The van der Waals surface area contributed by atoms with Gasteiger partial charge in [-0.1, -0.05) is 23.8 Å². The maximum Gasteiger partial charge on any atom is 0.254 e. The first-order chi connectivity index (χ1) is 13.6. The van der Waals surface area contributed by atoms with Crippen molar-refractivity contribution in [3.05, 3.63) is 76.0 Å². The van der Waals surface area contributed by atoms with E-state index in [9.17, 15) is 9.59 Å². The Morgan fingerprint density at radius 2 is 2.18 bits per heavy atom. The summed E-state index contributed by atoms with van der Waals surface area (Å²) in [7, 11) is 0. The SMILES string of the molecule is Cc1cccc(C(=O)N2Cc3cncn3C(C(=O)NCCc3cccs3)C2)c1. The maximum absolute atomic E-state index is 13.0. The number of imidazole rings is 1. The van der Waals surface area contributed by atoms with Crippen molar-refractivity contribution in [1.29, 1.82) is 0 Å². The lowest BCUT2D eigenvalue weighted by Gasteiger charge is -2.33. The molecule has 0 fully saturated rings. The lowest BCUT2D eigenvalue weighted by atomic mass is 10.1. The summed E-state index contributed by atoms with van der Waals surface area (Å²) in [6, 6.07) is 11.1. The van der Waals surface area contributed by atoms with E-state index in [1.165, 1.54) is 4.88 Å². The van der Waals surface area contributed by atoms with Crippen LogP contribution >= 0.6 is 11.3 Å². The number of thiophene rings is 1. The normalized spacial score (nSPS) is 15.9. The number of nitrogens with zero attached hydrogens (tertiary/aromatic N) is 3. The minimum absolute atomic E-state index is 0.0625. The predicted octanol–water partition coefficient (Wildman–Crippen LogP) is 2.81. The van der Waals surface area contributed by atoms with Crippen molar-refractivity contribution in [3.63, 3.8) is 0 Å². The van der Waals surface area contributed by atoms with E-state index in [-0.39, 0.29) is 11.8 Å². The molecule has 2 amide bonds. The standard InChI is InChI=1S/C21H22N4O2S/c1-15-4-2-5-16(10-15)21(27)24-12-17-11-22-14-25(17)19(13-24)20(26)23-8-7-18-6-3-9-28-18/h2-6,9-11,14,19H,7-8,12-13H2,1H3,(H,23,26). The molecule has 1 aromatic carbocycles. The Morgan fingerprint density at radius 3 is 2.96 bits per heavy atom. The molecule has 1 unspecified atom stereocenters. The van der Waals surface area contributed by atoms with E-state index in [1.54, 1.807) is 28.8 Å². The molecule has 0 bridgehead atoms. The third-order valence-electron chi connectivity index (χ3n) is 4.93. The van der Waals surface area contributed by atoms with E-state index in [2.05, 4.69) is 16.4 Å². The summed E-state index contributed by atoms with van der Waals surface area (Å²) < 4.78 is 1.88. The lowest BCUT2D eigenvalue weighted by molar-refractivity contribution is -0.125. The molecular formula is C21H22N4O2S. The molecule has 4 rings (SSSR count). The molecule has 3 heterocycles. The van der Waals surface area contributed by atoms with Crippen molar-refractivity contribution < 1.29 is 9.59 Å². The van der Waals surface area contributed by atoms with Crippen molar-refractivity contribution in [2.24, 2.45) is 0 Å². The van der Waals surface area contributed by atoms with Crippen molar-refractivity contribution in [2.45, 2.75) is 25.9 Å². The lowest BCUT2D eigenvalue weighted by Crippen LogP contribution is -2.46. The van der Waals surface area contributed by atoms with Gasteiger partial charge in [0.2, 0.25) is 5.91 Å². The van der Waals surface area contributed by atoms with Crippen molar-refractivity contribution in [1.82, 2.24) is 19.8 Å². The van der Waals surface area contributed by atoms with Crippen LogP contribution in [0.1, 0.15) is 32.5 Å². The highest BCUT2D eigenvalue weighted by Crippen LogP contribution is 2.23. The molecule has 0 saturated heterocycles. The molecule has 1 atom stereocenters. The number of hydrogen-bond acceptors (Lipinski definition) is 4. The van der Waals surface area contributed by atoms with E-state index in [4.69, 9.17) is 0 Å². The van der Waals surface area contributed by atoms with Crippen molar-refractivity contribution in [2.75, 3.05) is 13.1 Å². The van der Waals surface area contributed by atoms with Crippen LogP contribution in [0, 0.1) is 6.92 Å². The topological polar surface area (TPSA) is 67.2 Å². The van der Waals surface area contributed by atoms with Crippen molar-refractivity contribution in [3.8, 4) is 0 Å². The van der Waals surface area contributed by atoms with Crippen molar-refractivity contribution >= 4 is 23.2 Å². The van der Waals surface area contributed by atoms with Gasteiger partial charge in [-0.05, 0) is 36.9 Å². The van der Waals surface area contributed by atoms with Crippen LogP contribution < -0.4 is 5.32 Å². The molecule has 144 valence electrons. The molecule has 1 aliphatic rings. The minimum Gasteiger partial charge on any atom is -0.354 e. The molecule has 1 N–H and O–H groups in total. The number of aromatic nitrogens is 2. The van der Waals surface area contributed by atoms with E-state index in [0.717, 1.165) is 17.7 Å². The predicted molar refractivity (Wildman–Crippen MR) is 108 cm³/mol. The third kappa shape index (κ3) is 3.84. The quantitative estimate of drug-likeness (QED) is 0.724. The van der Waals surface area contributed by atoms with Gasteiger partial charge in [0.1, 0.15) is 6.04 Å². The number of benzene rings is 1. The monoisotopic (exact) mass is 394 g/mol. The Balaban J connectivity index is 1.47. The number of carbonyl (C=O) groups excluding carboxylic acids is 2. The molecule has 6 nitrogen and oxygen atoms in total. The van der Waals surface area contributed by atoms with Gasteiger partial charge in [0.15, 0.2) is 0 Å². The molecule has 0 saturated carbocycles. The van der Waals surface area contributed by atoms with Crippen LogP contribution in [-0.2, 0) is 17.8 Å². The molecule has 28 heavy (non-hydrogen) atoms. The van der Waals surface area contributed by atoms with Gasteiger partial charge >= 0.3 is 0 Å². The van der Waals surface area contributed by atoms with Gasteiger partial charge in [-0.2, -0.15) is 0 Å². The Labute approximate surface area is 167 Å². The number of carbonyl (C=O) groups is 2. The summed E-state index contributed by atoms with van der Waals surface area (Å²) in [5, 5.41) is 5.04. The molecule has 2 aromatic heterocycles. The summed E-state index contributed by atoms with van der Waals surface area (Å²) in [4.78, 5) is 33.0. The molecule has 0 radical (unpaired) electrons. The highest BCUT2D eigenvalue weighted by atomic mass is 32.1. The second-order valence-electron chi connectivity index (χ2n) is 6.98. The zero-order valence-electron chi connectivity index (χ0n) is 15.7. The molecule has 0 spiro atoms. The van der Waals surface area contributed by atoms with Gasteiger partial charge in [-0.15, -0.1) is 11.3 Å². The molecule has 1 aliphatic heterocycles. The van der Waals surface area contributed by atoms with Crippen LogP contribution in [0.4, 0.5) is 0 Å². The summed E-state index contributed by atoms with van der Waals surface area (Å²) in [6.07, 6.45) is 4.20. The molecule has 7 heteroatoms. The Bertz CT molecular complexity index is 980. The van der Waals surface area contributed by atoms with Crippen LogP contribution in [0.2, 0.25) is 0 Å². The van der Waals surface area contributed by atoms with E-state index in [1.807, 2.05) is 47.2 Å². The minimum atomic E-state index is -0.469. The van der Waals surface area contributed by atoms with E-state index >= 15 is 0 Å². The fourth-order valence-corrected chi connectivity index (χ4v) is 4.21. The summed E-state index contributed by atoms with van der Waals surface area (Å²) in [6.45, 7) is 3.32.